The van der Waals surface area contributed by atoms with Crippen molar-refractivity contribution in [2.75, 3.05) is 6.54 Å². The molecule has 1 amide bonds. The van der Waals surface area contributed by atoms with Crippen LogP contribution in [0.4, 0.5) is 0 Å². The van der Waals surface area contributed by atoms with E-state index >= 15 is 0 Å². The van der Waals surface area contributed by atoms with Crippen molar-refractivity contribution in [3.8, 4) is 0 Å². The molecule has 0 aliphatic heterocycles. The highest BCUT2D eigenvalue weighted by Crippen LogP contribution is 2.34. The summed E-state index contributed by atoms with van der Waals surface area (Å²) in [5, 5.41) is 4.23. The molecule has 1 N–H and O–H groups in total. The van der Waals surface area contributed by atoms with Crippen LogP contribution in [0.25, 0.3) is 21.1 Å². The Bertz CT molecular complexity index is 1110. The van der Waals surface area contributed by atoms with E-state index in [0.29, 0.717) is 12.6 Å². The van der Waals surface area contributed by atoms with Crippen molar-refractivity contribution in [2.45, 2.75) is 38.1 Å². The van der Waals surface area contributed by atoms with Gasteiger partial charge in [-0.2, -0.15) is 0 Å². The number of thiophene rings is 1. The number of aryl methyl sites for hydroxylation is 1. The summed E-state index contributed by atoms with van der Waals surface area (Å²) in [7, 11) is 2.03. The Balaban J connectivity index is 1.23. The lowest BCUT2D eigenvalue weighted by atomic mass is 10.2. The monoisotopic (exact) mass is 392 g/mol. The molecule has 28 heavy (non-hydrogen) atoms. The molecule has 144 valence electrons. The second-order valence-electron chi connectivity index (χ2n) is 7.66. The number of hydrogen-bond donors (Lipinski definition) is 1. The van der Waals surface area contributed by atoms with E-state index in [-0.39, 0.29) is 5.91 Å². The molecule has 1 aromatic carbocycles. The maximum Gasteiger partial charge on any atom is 0.261 e. The first-order chi connectivity index (χ1) is 13.7. The minimum absolute atomic E-state index is 0.00683. The molecule has 0 unspecified atom stereocenters. The van der Waals surface area contributed by atoms with E-state index in [1.54, 1.807) is 11.3 Å². The highest BCUT2D eigenvalue weighted by Gasteiger charge is 2.18. The number of imidazole rings is 1. The highest BCUT2D eigenvalue weighted by molar-refractivity contribution is 7.20. The molecule has 0 atom stereocenters. The number of nitrogens with one attached hydrogen (secondary N) is 1. The molecule has 0 saturated heterocycles. The van der Waals surface area contributed by atoms with Crippen molar-refractivity contribution in [3.63, 3.8) is 0 Å². The molecular formula is C22H24N4OS. The summed E-state index contributed by atoms with van der Waals surface area (Å²) < 4.78 is 5.65. The van der Waals surface area contributed by atoms with Crippen molar-refractivity contribution >= 4 is 38.4 Å². The SMILES string of the molecule is Cn1c(CCNC(=O)c2cc3cn(C4CCCC4)cc3s2)nc2ccccc21. The number of benzene rings is 1. The van der Waals surface area contributed by atoms with E-state index < -0.39 is 0 Å². The van der Waals surface area contributed by atoms with Crippen molar-refractivity contribution < 1.29 is 4.79 Å². The van der Waals surface area contributed by atoms with E-state index in [2.05, 4.69) is 37.9 Å². The molecule has 1 aliphatic rings. The van der Waals surface area contributed by atoms with E-state index in [0.717, 1.165) is 28.2 Å². The Kier molecular flexibility index (Phi) is 4.43. The summed E-state index contributed by atoms with van der Waals surface area (Å²) >= 11 is 1.58. The molecule has 1 aliphatic carbocycles. The number of fused-ring (bicyclic) bond motifs is 2. The number of aromatic nitrogens is 3. The molecule has 6 heteroatoms. The van der Waals surface area contributed by atoms with Crippen LogP contribution in [0.3, 0.4) is 0 Å². The van der Waals surface area contributed by atoms with Gasteiger partial charge in [0.1, 0.15) is 5.82 Å². The predicted octanol–water partition coefficient (Wildman–Crippen LogP) is 4.68. The minimum Gasteiger partial charge on any atom is -0.351 e. The topological polar surface area (TPSA) is 51.9 Å². The van der Waals surface area contributed by atoms with Crippen molar-refractivity contribution in [3.05, 3.63) is 53.4 Å². The molecule has 3 heterocycles. The van der Waals surface area contributed by atoms with Crippen LogP contribution in [0.1, 0.15) is 47.2 Å². The highest BCUT2D eigenvalue weighted by atomic mass is 32.1. The Labute approximate surface area is 168 Å². The smallest absolute Gasteiger partial charge is 0.261 e. The van der Waals surface area contributed by atoms with Gasteiger partial charge in [0.25, 0.3) is 5.91 Å². The fourth-order valence-electron chi connectivity index (χ4n) is 4.27. The van der Waals surface area contributed by atoms with Crippen LogP contribution in [0.5, 0.6) is 0 Å². The third-order valence-corrected chi connectivity index (χ3v) is 6.91. The third kappa shape index (κ3) is 3.11. The van der Waals surface area contributed by atoms with Crippen molar-refractivity contribution in [2.24, 2.45) is 7.05 Å². The second-order valence-corrected chi connectivity index (χ2v) is 8.74. The standard InChI is InChI=1S/C22H24N4OS/c1-25-18-9-5-4-8-17(18)24-21(25)10-11-23-22(27)19-12-15-13-26(14-20(15)28-19)16-6-2-3-7-16/h4-5,8-9,12-14,16H,2-3,6-7,10-11H2,1H3,(H,23,27). The summed E-state index contributed by atoms with van der Waals surface area (Å²) in [6.07, 6.45) is 10.3. The molecule has 1 fully saturated rings. The first-order valence-corrected chi connectivity index (χ1v) is 10.8. The number of hydrogen-bond acceptors (Lipinski definition) is 3. The van der Waals surface area contributed by atoms with Crippen LogP contribution < -0.4 is 5.32 Å². The average molecular weight is 393 g/mol. The lowest BCUT2D eigenvalue weighted by molar-refractivity contribution is 0.0958. The van der Waals surface area contributed by atoms with Gasteiger partial charge in [-0.1, -0.05) is 25.0 Å². The Morgan fingerprint density at radius 1 is 1.25 bits per heavy atom. The maximum atomic E-state index is 12.6. The fourth-order valence-corrected chi connectivity index (χ4v) is 5.26. The number of nitrogens with zero attached hydrogens (tertiary/aromatic N) is 3. The summed E-state index contributed by atoms with van der Waals surface area (Å²) in [6.45, 7) is 0.584. The summed E-state index contributed by atoms with van der Waals surface area (Å²) in [5.74, 6) is 0.997. The molecular weight excluding hydrogens is 368 g/mol. The number of para-hydroxylation sites is 2. The Morgan fingerprint density at radius 3 is 2.86 bits per heavy atom. The first kappa shape index (κ1) is 17.5. The normalized spacial score (nSPS) is 15.0. The van der Waals surface area contributed by atoms with Gasteiger partial charge in [0.05, 0.1) is 20.6 Å². The van der Waals surface area contributed by atoms with Crippen LogP contribution in [-0.2, 0) is 13.5 Å². The second kappa shape index (κ2) is 7.09. The Hall–Kier alpha value is -2.60. The van der Waals surface area contributed by atoms with Crippen LogP contribution in [0.15, 0.2) is 42.7 Å². The largest absolute Gasteiger partial charge is 0.351 e. The Morgan fingerprint density at radius 2 is 2.07 bits per heavy atom. The number of carbonyl (C=O) groups is 1. The van der Waals surface area contributed by atoms with Gasteiger partial charge in [0, 0.05) is 43.8 Å². The summed E-state index contributed by atoms with van der Waals surface area (Å²) in [6, 6.07) is 10.8. The molecule has 5 rings (SSSR count). The lowest BCUT2D eigenvalue weighted by Gasteiger charge is -2.10. The zero-order chi connectivity index (χ0) is 19.1. The third-order valence-electron chi connectivity index (χ3n) is 5.83. The van der Waals surface area contributed by atoms with Gasteiger partial charge < -0.3 is 14.5 Å². The predicted molar refractivity (Wildman–Crippen MR) is 114 cm³/mol. The maximum absolute atomic E-state index is 12.6. The van der Waals surface area contributed by atoms with Crippen LogP contribution in [-0.4, -0.2) is 26.6 Å². The quantitative estimate of drug-likeness (QED) is 0.536. The van der Waals surface area contributed by atoms with E-state index in [9.17, 15) is 4.79 Å². The molecule has 5 nitrogen and oxygen atoms in total. The van der Waals surface area contributed by atoms with Gasteiger partial charge in [0.2, 0.25) is 0 Å². The molecule has 3 aromatic heterocycles. The van der Waals surface area contributed by atoms with Crippen LogP contribution in [0, 0.1) is 0 Å². The van der Waals surface area contributed by atoms with Gasteiger partial charge in [-0.05, 0) is 31.0 Å². The van der Waals surface area contributed by atoms with Crippen molar-refractivity contribution in [1.82, 2.24) is 19.4 Å². The molecule has 4 aromatic rings. The summed E-state index contributed by atoms with van der Waals surface area (Å²) in [5.41, 5.74) is 2.12. The van der Waals surface area contributed by atoms with Gasteiger partial charge in [-0.15, -0.1) is 11.3 Å². The van der Waals surface area contributed by atoms with Gasteiger partial charge in [-0.25, -0.2) is 4.98 Å². The summed E-state index contributed by atoms with van der Waals surface area (Å²) in [4.78, 5) is 18.0. The van der Waals surface area contributed by atoms with Gasteiger partial charge in [0.15, 0.2) is 0 Å². The minimum atomic E-state index is 0.00683. The molecule has 1 saturated carbocycles. The zero-order valence-electron chi connectivity index (χ0n) is 16.0. The van der Waals surface area contributed by atoms with Crippen molar-refractivity contribution in [1.29, 1.82) is 0 Å². The lowest BCUT2D eigenvalue weighted by Crippen LogP contribution is -2.25. The van der Waals surface area contributed by atoms with E-state index in [1.165, 1.54) is 35.8 Å². The number of rotatable bonds is 5. The van der Waals surface area contributed by atoms with Crippen LogP contribution in [0.2, 0.25) is 0 Å². The van der Waals surface area contributed by atoms with Crippen LogP contribution >= 0.6 is 11.3 Å². The van der Waals surface area contributed by atoms with Gasteiger partial charge in [-0.3, -0.25) is 4.79 Å². The zero-order valence-corrected chi connectivity index (χ0v) is 16.8. The molecule has 0 bridgehead atoms. The molecule has 0 radical (unpaired) electrons. The van der Waals surface area contributed by atoms with E-state index in [1.807, 2.05) is 31.3 Å². The molecule has 0 spiro atoms. The van der Waals surface area contributed by atoms with E-state index in [4.69, 9.17) is 0 Å². The van der Waals surface area contributed by atoms with Gasteiger partial charge >= 0.3 is 0 Å². The number of carbonyl (C=O) groups excluding carboxylic acids is 1. The first-order valence-electron chi connectivity index (χ1n) is 9.98. The fraction of sp³-hybridized carbons (Fsp3) is 0.364. The number of amides is 1. The average Bonchev–Trinajstić information content (AvgIpc) is 3.45.